The first kappa shape index (κ1) is 15.7. The number of carbonyl (C=O) groups excluding carboxylic acids is 1. The van der Waals surface area contributed by atoms with Crippen molar-refractivity contribution in [3.63, 3.8) is 0 Å². The molecule has 3 unspecified atom stereocenters. The molecule has 0 aromatic heterocycles. The van der Waals surface area contributed by atoms with E-state index in [1.807, 2.05) is 18.7 Å². The fourth-order valence-electron chi connectivity index (χ4n) is 1.68. The fraction of sp³-hybridized carbons (Fsp3) is 0.909. The number of nitrogens with zero attached hydrogens (tertiary/aromatic N) is 1. The van der Waals surface area contributed by atoms with E-state index in [0.29, 0.717) is 19.7 Å². The predicted molar refractivity (Wildman–Crippen MR) is 66.7 cm³/mol. The molecule has 1 amide bonds. The average Bonchev–Trinajstić information content (AvgIpc) is 2.27. The van der Waals surface area contributed by atoms with Gasteiger partial charge in [-0.15, -0.1) is 12.4 Å². The van der Waals surface area contributed by atoms with Crippen molar-refractivity contribution in [2.24, 2.45) is 11.7 Å². The van der Waals surface area contributed by atoms with Gasteiger partial charge in [0.1, 0.15) is 0 Å². The fourth-order valence-corrected chi connectivity index (χ4v) is 1.68. The molecule has 1 heterocycles. The zero-order chi connectivity index (χ0) is 11.4. The first-order valence-electron chi connectivity index (χ1n) is 5.72. The maximum absolute atomic E-state index is 12.0. The van der Waals surface area contributed by atoms with Crippen molar-refractivity contribution in [3.8, 4) is 0 Å². The molecule has 1 aliphatic rings. The van der Waals surface area contributed by atoms with Crippen molar-refractivity contribution in [2.45, 2.75) is 39.3 Å². The van der Waals surface area contributed by atoms with Crippen molar-refractivity contribution in [1.82, 2.24) is 4.90 Å². The Hall–Kier alpha value is -0.320. The van der Waals surface area contributed by atoms with E-state index in [1.54, 1.807) is 0 Å². The summed E-state index contributed by atoms with van der Waals surface area (Å²) in [6, 6.07) is -0.0829. The second-order valence-electron chi connectivity index (χ2n) is 4.33. The molecular weight excluding hydrogens is 228 g/mol. The molecular formula is C11H23ClN2O2. The normalized spacial score (nSPS) is 24.5. The van der Waals surface area contributed by atoms with Crippen LogP contribution in [0.15, 0.2) is 0 Å². The smallest absolute Gasteiger partial charge is 0.227 e. The summed E-state index contributed by atoms with van der Waals surface area (Å²) in [5.74, 6) is 0.0624. The lowest BCUT2D eigenvalue weighted by Gasteiger charge is -2.34. The number of morpholine rings is 1. The molecule has 1 rings (SSSR count). The lowest BCUT2D eigenvalue weighted by Crippen LogP contribution is -2.49. The molecule has 5 heteroatoms. The van der Waals surface area contributed by atoms with Gasteiger partial charge < -0.3 is 15.4 Å². The quantitative estimate of drug-likeness (QED) is 0.814. The SMILES string of the molecule is CCC1CN(C(=O)C(C)C(C)N)CCO1.Cl. The summed E-state index contributed by atoms with van der Waals surface area (Å²) >= 11 is 0. The molecule has 0 radical (unpaired) electrons. The molecule has 16 heavy (non-hydrogen) atoms. The maximum atomic E-state index is 12.0. The Bertz CT molecular complexity index is 224. The van der Waals surface area contributed by atoms with Crippen molar-refractivity contribution in [3.05, 3.63) is 0 Å². The van der Waals surface area contributed by atoms with Gasteiger partial charge in [0.05, 0.1) is 18.6 Å². The molecule has 0 aromatic rings. The van der Waals surface area contributed by atoms with Crippen LogP contribution in [0.2, 0.25) is 0 Å². The lowest BCUT2D eigenvalue weighted by molar-refractivity contribution is -0.143. The first-order chi connectivity index (χ1) is 7.06. The number of nitrogens with two attached hydrogens (primary N) is 1. The second kappa shape index (κ2) is 7.09. The summed E-state index contributed by atoms with van der Waals surface area (Å²) in [7, 11) is 0. The zero-order valence-corrected chi connectivity index (χ0v) is 11.1. The number of rotatable bonds is 3. The van der Waals surface area contributed by atoms with E-state index in [9.17, 15) is 4.79 Å². The number of amides is 1. The topological polar surface area (TPSA) is 55.6 Å². The highest BCUT2D eigenvalue weighted by molar-refractivity contribution is 5.85. The van der Waals surface area contributed by atoms with Gasteiger partial charge in [0.25, 0.3) is 0 Å². The summed E-state index contributed by atoms with van der Waals surface area (Å²) in [6.07, 6.45) is 1.15. The number of hydrogen-bond acceptors (Lipinski definition) is 3. The van der Waals surface area contributed by atoms with Gasteiger partial charge in [-0.25, -0.2) is 0 Å². The largest absolute Gasteiger partial charge is 0.375 e. The summed E-state index contributed by atoms with van der Waals surface area (Å²) < 4.78 is 5.52. The molecule has 4 nitrogen and oxygen atoms in total. The summed E-state index contributed by atoms with van der Waals surface area (Å²) in [6.45, 7) is 7.91. The van der Waals surface area contributed by atoms with Crippen LogP contribution in [-0.4, -0.2) is 42.6 Å². The third-order valence-corrected chi connectivity index (χ3v) is 3.08. The van der Waals surface area contributed by atoms with Crippen molar-refractivity contribution < 1.29 is 9.53 Å². The van der Waals surface area contributed by atoms with E-state index < -0.39 is 0 Å². The molecule has 2 N–H and O–H groups in total. The van der Waals surface area contributed by atoms with Crippen LogP contribution in [0.25, 0.3) is 0 Å². The monoisotopic (exact) mass is 250 g/mol. The van der Waals surface area contributed by atoms with Crippen LogP contribution < -0.4 is 5.73 Å². The lowest BCUT2D eigenvalue weighted by atomic mass is 10.0. The van der Waals surface area contributed by atoms with E-state index in [2.05, 4.69) is 6.92 Å². The van der Waals surface area contributed by atoms with E-state index >= 15 is 0 Å². The van der Waals surface area contributed by atoms with E-state index in [0.717, 1.165) is 6.42 Å². The Labute approximate surface area is 104 Å². The van der Waals surface area contributed by atoms with Gasteiger partial charge in [-0.05, 0) is 13.3 Å². The number of ether oxygens (including phenoxy) is 1. The van der Waals surface area contributed by atoms with Crippen molar-refractivity contribution in [1.29, 1.82) is 0 Å². The van der Waals surface area contributed by atoms with E-state index in [4.69, 9.17) is 10.5 Å². The molecule has 3 atom stereocenters. The molecule has 0 saturated carbocycles. The van der Waals surface area contributed by atoms with Crippen molar-refractivity contribution >= 4 is 18.3 Å². The molecule has 0 aliphatic carbocycles. The highest BCUT2D eigenvalue weighted by Gasteiger charge is 2.27. The Morgan fingerprint density at radius 1 is 1.56 bits per heavy atom. The second-order valence-corrected chi connectivity index (χ2v) is 4.33. The van der Waals surface area contributed by atoms with Crippen LogP contribution in [0.4, 0.5) is 0 Å². The van der Waals surface area contributed by atoms with Gasteiger partial charge in [0.15, 0.2) is 0 Å². The van der Waals surface area contributed by atoms with E-state index in [1.165, 1.54) is 0 Å². The molecule has 1 aliphatic heterocycles. The van der Waals surface area contributed by atoms with Crippen LogP contribution >= 0.6 is 12.4 Å². The van der Waals surface area contributed by atoms with Crippen molar-refractivity contribution in [2.75, 3.05) is 19.7 Å². The van der Waals surface area contributed by atoms with Gasteiger partial charge >= 0.3 is 0 Å². The van der Waals surface area contributed by atoms with Gasteiger partial charge in [-0.3, -0.25) is 4.79 Å². The highest BCUT2D eigenvalue weighted by atomic mass is 35.5. The molecule has 1 saturated heterocycles. The van der Waals surface area contributed by atoms with Gasteiger partial charge in [0.2, 0.25) is 5.91 Å². The van der Waals surface area contributed by atoms with E-state index in [-0.39, 0.29) is 36.4 Å². The summed E-state index contributed by atoms with van der Waals surface area (Å²) in [5.41, 5.74) is 5.73. The highest BCUT2D eigenvalue weighted by Crippen LogP contribution is 2.13. The molecule has 96 valence electrons. The molecule has 0 aromatic carbocycles. The Morgan fingerprint density at radius 2 is 2.19 bits per heavy atom. The van der Waals surface area contributed by atoms with Gasteiger partial charge in [0, 0.05) is 19.1 Å². The number of carbonyl (C=O) groups is 1. The van der Waals surface area contributed by atoms with Crippen LogP contribution in [0, 0.1) is 5.92 Å². The average molecular weight is 251 g/mol. The number of halogens is 1. The minimum atomic E-state index is -0.0967. The maximum Gasteiger partial charge on any atom is 0.227 e. The van der Waals surface area contributed by atoms with Crippen LogP contribution in [0.3, 0.4) is 0 Å². The third-order valence-electron chi connectivity index (χ3n) is 3.08. The summed E-state index contributed by atoms with van der Waals surface area (Å²) in [4.78, 5) is 13.9. The zero-order valence-electron chi connectivity index (χ0n) is 10.3. The predicted octanol–water partition coefficient (Wildman–Crippen LogP) is 1.03. The van der Waals surface area contributed by atoms with Crippen LogP contribution in [0.1, 0.15) is 27.2 Å². The van der Waals surface area contributed by atoms with Gasteiger partial charge in [-0.2, -0.15) is 0 Å². The van der Waals surface area contributed by atoms with Crippen LogP contribution in [-0.2, 0) is 9.53 Å². The van der Waals surface area contributed by atoms with Crippen LogP contribution in [0.5, 0.6) is 0 Å². The summed E-state index contributed by atoms with van der Waals surface area (Å²) in [5, 5.41) is 0. The molecule has 0 spiro atoms. The van der Waals surface area contributed by atoms with Gasteiger partial charge in [-0.1, -0.05) is 13.8 Å². The third kappa shape index (κ3) is 3.92. The molecule has 0 bridgehead atoms. The number of hydrogen-bond donors (Lipinski definition) is 1. The standard InChI is InChI=1S/C11H22N2O2.ClH/c1-4-10-7-13(5-6-15-10)11(14)8(2)9(3)12;/h8-10H,4-7,12H2,1-3H3;1H. The minimum absolute atomic E-state index is 0. The first-order valence-corrected chi connectivity index (χ1v) is 5.72. The molecule has 1 fully saturated rings. The Morgan fingerprint density at radius 3 is 2.69 bits per heavy atom. The Kier molecular flexibility index (Phi) is 6.95. The minimum Gasteiger partial charge on any atom is -0.375 e. The Balaban J connectivity index is 0.00000225.